The van der Waals surface area contributed by atoms with E-state index in [0.717, 1.165) is 11.1 Å². The molecule has 0 atom stereocenters. The average molecular weight is 388 g/mol. The molecule has 0 radical (unpaired) electrons. The maximum absolute atomic E-state index is 12.0. The minimum atomic E-state index is -0.524. The Morgan fingerprint density at radius 3 is 2.69 bits per heavy atom. The number of benzene rings is 2. The van der Waals surface area contributed by atoms with Crippen molar-refractivity contribution in [1.29, 1.82) is 0 Å². The first-order valence-electron chi connectivity index (χ1n) is 7.64. The van der Waals surface area contributed by atoms with Crippen molar-refractivity contribution in [3.05, 3.63) is 69.3 Å². The lowest BCUT2D eigenvalue weighted by Gasteiger charge is -1.98. The fourth-order valence-electron chi connectivity index (χ4n) is 2.46. The molecule has 4 rings (SSSR count). The predicted molar refractivity (Wildman–Crippen MR) is 99.6 cm³/mol. The van der Waals surface area contributed by atoms with E-state index >= 15 is 0 Å². The minimum Gasteiger partial charge on any atom is -0.454 e. The molecule has 2 heterocycles. The maximum Gasteiger partial charge on any atom is 0.363 e. The first-order valence-corrected chi connectivity index (χ1v) is 8.39. The van der Waals surface area contributed by atoms with Crippen LogP contribution in [0, 0.1) is 0 Å². The Balaban J connectivity index is 1.56. The van der Waals surface area contributed by atoms with Crippen LogP contribution in [0.15, 0.2) is 53.2 Å². The summed E-state index contributed by atoms with van der Waals surface area (Å²) < 4.78 is 15.7. The molecule has 0 unspecified atom stereocenters. The Morgan fingerprint density at radius 2 is 1.85 bits per heavy atom. The SMILES string of the molecule is O=C1OC(/C=C/c2ccc(Cl)cc2Cl)=NC/1=C/c1ccc2c(c1)OCO2. The number of aliphatic imine (C=N–C) groups is 1. The van der Waals surface area contributed by atoms with Gasteiger partial charge in [-0.15, -0.1) is 0 Å². The second-order valence-corrected chi connectivity index (χ2v) is 6.32. The molecule has 0 aliphatic carbocycles. The van der Waals surface area contributed by atoms with Gasteiger partial charge in [0.1, 0.15) is 0 Å². The first-order chi connectivity index (χ1) is 12.6. The molecule has 130 valence electrons. The van der Waals surface area contributed by atoms with Gasteiger partial charge in [0.15, 0.2) is 17.2 Å². The van der Waals surface area contributed by atoms with Crippen LogP contribution in [-0.4, -0.2) is 18.7 Å². The third kappa shape index (κ3) is 3.45. The lowest BCUT2D eigenvalue weighted by Crippen LogP contribution is -2.01. The molecule has 2 aromatic carbocycles. The molecule has 0 spiro atoms. The zero-order valence-corrected chi connectivity index (χ0v) is 14.8. The van der Waals surface area contributed by atoms with Crippen LogP contribution in [0.25, 0.3) is 12.2 Å². The van der Waals surface area contributed by atoms with Gasteiger partial charge in [-0.2, -0.15) is 0 Å². The van der Waals surface area contributed by atoms with Crippen molar-refractivity contribution < 1.29 is 19.0 Å². The first kappa shape index (κ1) is 16.7. The number of hydrogen-bond donors (Lipinski definition) is 0. The van der Waals surface area contributed by atoms with E-state index in [9.17, 15) is 4.79 Å². The van der Waals surface area contributed by atoms with Crippen molar-refractivity contribution in [1.82, 2.24) is 0 Å². The van der Waals surface area contributed by atoms with Gasteiger partial charge in [-0.1, -0.05) is 35.3 Å². The molecule has 0 fully saturated rings. The highest BCUT2D eigenvalue weighted by Gasteiger charge is 2.22. The van der Waals surface area contributed by atoms with Gasteiger partial charge in [0.05, 0.1) is 0 Å². The summed E-state index contributed by atoms with van der Waals surface area (Å²) in [6, 6.07) is 10.5. The van der Waals surface area contributed by atoms with Crippen molar-refractivity contribution >= 4 is 47.2 Å². The van der Waals surface area contributed by atoms with E-state index in [2.05, 4.69) is 4.99 Å². The summed E-state index contributed by atoms with van der Waals surface area (Å²) in [5.41, 5.74) is 1.70. The molecule has 0 N–H and O–H groups in total. The number of nitrogens with zero attached hydrogens (tertiary/aromatic N) is 1. The van der Waals surface area contributed by atoms with Crippen molar-refractivity contribution in [2.24, 2.45) is 4.99 Å². The third-order valence-electron chi connectivity index (χ3n) is 3.71. The molecule has 5 nitrogen and oxygen atoms in total. The number of carbonyl (C=O) groups is 1. The Morgan fingerprint density at radius 1 is 1.00 bits per heavy atom. The van der Waals surface area contributed by atoms with Gasteiger partial charge in [0.2, 0.25) is 12.7 Å². The van der Waals surface area contributed by atoms with Gasteiger partial charge in [-0.05, 0) is 47.5 Å². The van der Waals surface area contributed by atoms with Crippen LogP contribution in [0.4, 0.5) is 0 Å². The molecular weight excluding hydrogens is 377 g/mol. The van der Waals surface area contributed by atoms with Crippen LogP contribution in [0.3, 0.4) is 0 Å². The van der Waals surface area contributed by atoms with E-state index in [1.165, 1.54) is 0 Å². The van der Waals surface area contributed by atoms with Gasteiger partial charge in [0.25, 0.3) is 0 Å². The minimum absolute atomic E-state index is 0.188. The number of ether oxygens (including phenoxy) is 3. The Kier molecular flexibility index (Phi) is 4.41. The molecule has 0 amide bonds. The van der Waals surface area contributed by atoms with Crippen molar-refractivity contribution in [2.75, 3.05) is 6.79 Å². The Hall–Kier alpha value is -2.76. The standard InChI is InChI=1S/C19H11Cl2NO4/c20-13-4-2-12(14(21)9-13)3-6-18-22-15(19(23)26-18)7-11-1-5-16-17(8-11)25-10-24-16/h1-9H,10H2/b6-3+,15-7+. The maximum atomic E-state index is 12.0. The summed E-state index contributed by atoms with van der Waals surface area (Å²) in [6.45, 7) is 0.192. The summed E-state index contributed by atoms with van der Waals surface area (Å²) >= 11 is 12.0. The van der Waals surface area contributed by atoms with Gasteiger partial charge in [-0.25, -0.2) is 9.79 Å². The predicted octanol–water partition coefficient (Wildman–Crippen LogP) is 4.73. The summed E-state index contributed by atoms with van der Waals surface area (Å²) in [7, 11) is 0. The van der Waals surface area contributed by atoms with Crippen LogP contribution in [0.5, 0.6) is 11.5 Å². The second kappa shape index (κ2) is 6.86. The topological polar surface area (TPSA) is 57.1 Å². The molecule has 26 heavy (non-hydrogen) atoms. The zero-order chi connectivity index (χ0) is 18.1. The molecule has 2 aliphatic rings. The number of carbonyl (C=O) groups excluding carboxylic acids is 1. The summed E-state index contributed by atoms with van der Waals surface area (Å²) in [5.74, 6) is 0.970. The Labute approximate surface area is 159 Å². The van der Waals surface area contributed by atoms with Crippen molar-refractivity contribution in [2.45, 2.75) is 0 Å². The molecule has 0 bridgehead atoms. The zero-order valence-electron chi connectivity index (χ0n) is 13.2. The summed E-state index contributed by atoms with van der Waals surface area (Å²) in [4.78, 5) is 16.2. The summed E-state index contributed by atoms with van der Waals surface area (Å²) in [5, 5.41) is 1.04. The third-order valence-corrected chi connectivity index (χ3v) is 4.27. The number of esters is 1. The summed E-state index contributed by atoms with van der Waals surface area (Å²) in [6.07, 6.45) is 4.90. The molecular formula is C19H11Cl2NO4. The molecule has 7 heteroatoms. The average Bonchev–Trinajstić information content (AvgIpc) is 3.20. The highest BCUT2D eigenvalue weighted by molar-refractivity contribution is 6.35. The number of rotatable bonds is 3. The number of hydrogen-bond acceptors (Lipinski definition) is 5. The monoisotopic (exact) mass is 387 g/mol. The van der Waals surface area contributed by atoms with Gasteiger partial charge >= 0.3 is 5.97 Å². The Bertz CT molecular complexity index is 995. The van der Waals surface area contributed by atoms with Crippen LogP contribution < -0.4 is 9.47 Å². The number of halogens is 2. The number of cyclic esters (lactones) is 1. The highest BCUT2D eigenvalue weighted by Crippen LogP contribution is 2.33. The molecule has 0 aromatic heterocycles. The van der Waals surface area contributed by atoms with Gasteiger partial charge in [0, 0.05) is 16.1 Å². The van der Waals surface area contributed by atoms with Crippen LogP contribution >= 0.6 is 23.2 Å². The smallest absolute Gasteiger partial charge is 0.363 e. The lowest BCUT2D eigenvalue weighted by molar-refractivity contribution is -0.129. The fraction of sp³-hybridized carbons (Fsp3) is 0.0526. The van der Waals surface area contributed by atoms with Crippen LogP contribution in [0.2, 0.25) is 10.0 Å². The fourth-order valence-corrected chi connectivity index (χ4v) is 2.93. The van der Waals surface area contributed by atoms with Gasteiger partial charge in [-0.3, -0.25) is 0 Å². The largest absolute Gasteiger partial charge is 0.454 e. The molecule has 2 aromatic rings. The molecule has 2 aliphatic heterocycles. The van der Waals surface area contributed by atoms with E-state index in [0.29, 0.717) is 21.5 Å². The molecule has 0 saturated heterocycles. The van der Waals surface area contributed by atoms with E-state index in [1.807, 2.05) is 6.07 Å². The van der Waals surface area contributed by atoms with E-state index in [1.54, 1.807) is 48.6 Å². The highest BCUT2D eigenvalue weighted by atomic mass is 35.5. The van der Waals surface area contributed by atoms with E-state index in [4.69, 9.17) is 37.4 Å². The van der Waals surface area contributed by atoms with Crippen LogP contribution in [0.1, 0.15) is 11.1 Å². The quantitative estimate of drug-likeness (QED) is 0.564. The van der Waals surface area contributed by atoms with Crippen molar-refractivity contribution in [3.8, 4) is 11.5 Å². The normalized spacial score (nSPS) is 17.1. The lowest BCUT2D eigenvalue weighted by atomic mass is 10.1. The van der Waals surface area contributed by atoms with Gasteiger partial charge < -0.3 is 14.2 Å². The second-order valence-electron chi connectivity index (χ2n) is 5.48. The van der Waals surface area contributed by atoms with Crippen molar-refractivity contribution in [3.63, 3.8) is 0 Å². The molecule has 0 saturated carbocycles. The van der Waals surface area contributed by atoms with E-state index in [-0.39, 0.29) is 18.4 Å². The number of fused-ring (bicyclic) bond motifs is 1. The van der Waals surface area contributed by atoms with Crippen LogP contribution in [-0.2, 0) is 9.53 Å². The van der Waals surface area contributed by atoms with E-state index < -0.39 is 5.97 Å².